The number of rotatable bonds is 7. The van der Waals surface area contributed by atoms with Crippen LogP contribution in [0, 0.1) is 0 Å². The van der Waals surface area contributed by atoms with Crippen LogP contribution in [0.15, 0.2) is 42.9 Å². The summed E-state index contributed by atoms with van der Waals surface area (Å²) in [6.07, 6.45) is 5.12. The highest BCUT2D eigenvalue weighted by Crippen LogP contribution is 2.08. The fraction of sp³-hybridized carbons (Fsp3) is 0.267. The van der Waals surface area contributed by atoms with Gasteiger partial charge in [0.1, 0.15) is 5.82 Å². The number of carbonyl (C=O) groups is 1. The zero-order valence-corrected chi connectivity index (χ0v) is 11.9. The molecule has 6 nitrogen and oxygen atoms in total. The van der Waals surface area contributed by atoms with E-state index < -0.39 is 0 Å². The molecule has 0 bridgehead atoms. The van der Waals surface area contributed by atoms with E-state index in [2.05, 4.69) is 20.6 Å². The van der Waals surface area contributed by atoms with Crippen LogP contribution in [0.5, 0.6) is 0 Å². The van der Waals surface area contributed by atoms with Gasteiger partial charge in [0.05, 0.1) is 6.61 Å². The summed E-state index contributed by atoms with van der Waals surface area (Å²) < 4.78 is 4.89. The Balaban J connectivity index is 1.92. The Morgan fingerprint density at radius 3 is 3.00 bits per heavy atom. The standard InChI is InChI=1S/C15H18N4O2/c1-21-8-7-18-15(20)13-4-6-17-14(9-13)19-11-12-3-2-5-16-10-12/h2-6,9-10H,7-8,11H2,1H3,(H,17,19)(H,18,20). The quantitative estimate of drug-likeness (QED) is 0.754. The van der Waals surface area contributed by atoms with Gasteiger partial charge in [0.15, 0.2) is 0 Å². The third-order valence-corrected chi connectivity index (χ3v) is 2.81. The van der Waals surface area contributed by atoms with Gasteiger partial charge in [0.25, 0.3) is 5.91 Å². The van der Waals surface area contributed by atoms with Crippen LogP contribution in [0.2, 0.25) is 0 Å². The van der Waals surface area contributed by atoms with E-state index in [1.165, 1.54) is 0 Å². The molecule has 110 valence electrons. The molecule has 0 aliphatic rings. The number of anilines is 1. The summed E-state index contributed by atoms with van der Waals surface area (Å²) in [5.41, 5.74) is 1.61. The molecule has 2 aromatic heterocycles. The number of ether oxygens (including phenoxy) is 1. The first-order valence-corrected chi connectivity index (χ1v) is 6.65. The van der Waals surface area contributed by atoms with Gasteiger partial charge >= 0.3 is 0 Å². The van der Waals surface area contributed by atoms with E-state index in [0.717, 1.165) is 5.56 Å². The molecule has 1 amide bonds. The Morgan fingerprint density at radius 1 is 1.33 bits per heavy atom. The van der Waals surface area contributed by atoms with Crippen molar-refractivity contribution >= 4 is 11.7 Å². The molecule has 0 unspecified atom stereocenters. The Bertz CT molecular complexity index is 575. The van der Waals surface area contributed by atoms with Crippen LogP contribution < -0.4 is 10.6 Å². The number of carbonyl (C=O) groups excluding carboxylic acids is 1. The normalized spacial score (nSPS) is 10.1. The lowest BCUT2D eigenvalue weighted by atomic mass is 10.2. The topological polar surface area (TPSA) is 76.1 Å². The molecule has 2 N–H and O–H groups in total. The maximum absolute atomic E-state index is 11.9. The van der Waals surface area contributed by atoms with Crippen molar-refractivity contribution < 1.29 is 9.53 Å². The number of pyridine rings is 2. The summed E-state index contributed by atoms with van der Waals surface area (Å²) in [6.45, 7) is 1.58. The van der Waals surface area contributed by atoms with Gasteiger partial charge in [0.2, 0.25) is 0 Å². The largest absolute Gasteiger partial charge is 0.383 e. The lowest BCUT2D eigenvalue weighted by molar-refractivity contribution is 0.0937. The summed E-state index contributed by atoms with van der Waals surface area (Å²) in [7, 11) is 1.60. The molecule has 0 fully saturated rings. The minimum Gasteiger partial charge on any atom is -0.383 e. The van der Waals surface area contributed by atoms with E-state index in [4.69, 9.17) is 4.74 Å². The van der Waals surface area contributed by atoms with Gasteiger partial charge < -0.3 is 15.4 Å². The third kappa shape index (κ3) is 4.85. The van der Waals surface area contributed by atoms with Gasteiger partial charge in [-0.25, -0.2) is 4.98 Å². The van der Waals surface area contributed by atoms with E-state index in [1.54, 1.807) is 37.8 Å². The lowest BCUT2D eigenvalue weighted by Gasteiger charge is -2.08. The van der Waals surface area contributed by atoms with E-state index in [9.17, 15) is 4.79 Å². The second-order valence-corrected chi connectivity index (χ2v) is 4.39. The molecule has 0 aliphatic heterocycles. The molecule has 0 radical (unpaired) electrons. The van der Waals surface area contributed by atoms with Crippen molar-refractivity contribution in [1.29, 1.82) is 0 Å². The lowest BCUT2D eigenvalue weighted by Crippen LogP contribution is -2.27. The fourth-order valence-electron chi connectivity index (χ4n) is 1.73. The van der Waals surface area contributed by atoms with Crippen LogP contribution in [0.25, 0.3) is 0 Å². The number of aromatic nitrogens is 2. The van der Waals surface area contributed by atoms with Gasteiger partial charge in [-0.2, -0.15) is 0 Å². The highest BCUT2D eigenvalue weighted by atomic mass is 16.5. The minimum atomic E-state index is -0.140. The molecule has 0 atom stereocenters. The first-order valence-electron chi connectivity index (χ1n) is 6.65. The number of hydrogen-bond donors (Lipinski definition) is 2. The summed E-state index contributed by atoms with van der Waals surface area (Å²) >= 11 is 0. The molecule has 0 aromatic carbocycles. The van der Waals surface area contributed by atoms with Crippen molar-refractivity contribution in [2.24, 2.45) is 0 Å². The summed E-state index contributed by atoms with van der Waals surface area (Å²) in [4.78, 5) is 20.2. The summed E-state index contributed by atoms with van der Waals surface area (Å²) in [6, 6.07) is 7.25. The molecule has 2 heterocycles. The monoisotopic (exact) mass is 286 g/mol. The van der Waals surface area contributed by atoms with Gasteiger partial charge in [-0.15, -0.1) is 0 Å². The van der Waals surface area contributed by atoms with Crippen molar-refractivity contribution in [2.45, 2.75) is 6.54 Å². The fourth-order valence-corrected chi connectivity index (χ4v) is 1.73. The molecule has 0 saturated carbocycles. The maximum atomic E-state index is 11.9. The molecule has 21 heavy (non-hydrogen) atoms. The number of nitrogens with zero attached hydrogens (tertiary/aromatic N) is 2. The molecule has 0 saturated heterocycles. The van der Waals surface area contributed by atoms with Crippen molar-refractivity contribution in [3.05, 3.63) is 54.0 Å². The molecular weight excluding hydrogens is 268 g/mol. The van der Waals surface area contributed by atoms with Crippen LogP contribution >= 0.6 is 0 Å². The van der Waals surface area contributed by atoms with Crippen molar-refractivity contribution in [2.75, 3.05) is 25.6 Å². The Morgan fingerprint density at radius 2 is 2.24 bits per heavy atom. The average Bonchev–Trinajstić information content (AvgIpc) is 2.54. The highest BCUT2D eigenvalue weighted by Gasteiger charge is 2.06. The van der Waals surface area contributed by atoms with E-state index >= 15 is 0 Å². The van der Waals surface area contributed by atoms with Crippen molar-refractivity contribution in [1.82, 2.24) is 15.3 Å². The molecule has 2 aromatic rings. The molecular formula is C15H18N4O2. The van der Waals surface area contributed by atoms with Crippen LogP contribution in [0.1, 0.15) is 15.9 Å². The van der Waals surface area contributed by atoms with E-state index in [-0.39, 0.29) is 5.91 Å². The van der Waals surface area contributed by atoms with E-state index in [1.807, 2.05) is 12.1 Å². The van der Waals surface area contributed by atoms with Gasteiger partial charge in [0, 0.05) is 44.4 Å². The Labute approximate surface area is 123 Å². The van der Waals surface area contributed by atoms with E-state index in [0.29, 0.717) is 31.1 Å². The minimum absolute atomic E-state index is 0.140. The van der Waals surface area contributed by atoms with Crippen LogP contribution in [0.3, 0.4) is 0 Å². The third-order valence-electron chi connectivity index (χ3n) is 2.81. The van der Waals surface area contributed by atoms with Crippen LogP contribution in [0.4, 0.5) is 5.82 Å². The van der Waals surface area contributed by atoms with Crippen LogP contribution in [-0.4, -0.2) is 36.1 Å². The van der Waals surface area contributed by atoms with Crippen LogP contribution in [-0.2, 0) is 11.3 Å². The Hall–Kier alpha value is -2.47. The predicted molar refractivity (Wildman–Crippen MR) is 80.0 cm³/mol. The zero-order chi connectivity index (χ0) is 14.9. The SMILES string of the molecule is COCCNC(=O)c1ccnc(NCc2cccnc2)c1. The Kier molecular flexibility index (Phi) is 5.66. The zero-order valence-electron chi connectivity index (χ0n) is 11.9. The van der Waals surface area contributed by atoms with Gasteiger partial charge in [-0.1, -0.05) is 6.07 Å². The highest BCUT2D eigenvalue weighted by molar-refractivity contribution is 5.94. The van der Waals surface area contributed by atoms with Gasteiger partial charge in [-0.05, 0) is 23.8 Å². The second kappa shape index (κ2) is 7.96. The van der Waals surface area contributed by atoms with Gasteiger partial charge in [-0.3, -0.25) is 9.78 Å². The number of nitrogens with one attached hydrogen (secondary N) is 2. The molecule has 2 rings (SSSR count). The molecule has 0 spiro atoms. The van der Waals surface area contributed by atoms with Crippen molar-refractivity contribution in [3.63, 3.8) is 0 Å². The average molecular weight is 286 g/mol. The number of amides is 1. The number of methoxy groups -OCH3 is 1. The first kappa shape index (κ1) is 14.9. The summed E-state index contributed by atoms with van der Waals surface area (Å²) in [5.74, 6) is 0.511. The number of hydrogen-bond acceptors (Lipinski definition) is 5. The predicted octanol–water partition coefficient (Wildman–Crippen LogP) is 1.46. The smallest absolute Gasteiger partial charge is 0.251 e. The van der Waals surface area contributed by atoms with Crippen molar-refractivity contribution in [3.8, 4) is 0 Å². The summed E-state index contributed by atoms with van der Waals surface area (Å²) in [5, 5.41) is 5.94. The first-order chi connectivity index (χ1) is 10.3. The molecule has 6 heteroatoms. The maximum Gasteiger partial charge on any atom is 0.251 e. The second-order valence-electron chi connectivity index (χ2n) is 4.39. The molecule has 0 aliphatic carbocycles.